The van der Waals surface area contributed by atoms with Crippen molar-refractivity contribution in [3.63, 3.8) is 0 Å². The van der Waals surface area contributed by atoms with E-state index in [1.54, 1.807) is 18.2 Å². The van der Waals surface area contributed by atoms with E-state index in [9.17, 15) is 9.18 Å². The van der Waals surface area contributed by atoms with Crippen molar-refractivity contribution in [3.05, 3.63) is 76.1 Å². The molecule has 4 aromatic rings. The van der Waals surface area contributed by atoms with Gasteiger partial charge < -0.3 is 19.9 Å². The largest absolute Gasteiger partial charge is 0.486 e. The Bertz CT molecular complexity index is 1500. The van der Waals surface area contributed by atoms with E-state index in [-0.39, 0.29) is 16.6 Å². The van der Waals surface area contributed by atoms with Crippen molar-refractivity contribution in [1.82, 2.24) is 9.55 Å². The number of aryl methyl sites for hydroxylation is 1. The van der Waals surface area contributed by atoms with E-state index in [0.29, 0.717) is 35.1 Å². The van der Waals surface area contributed by atoms with Gasteiger partial charge >= 0.3 is 0 Å². The number of benzene rings is 3. The summed E-state index contributed by atoms with van der Waals surface area (Å²) in [6, 6.07) is 14.3. The Labute approximate surface area is 213 Å². The smallest absolute Gasteiger partial charge is 0.259 e. The van der Waals surface area contributed by atoms with Crippen molar-refractivity contribution < 1.29 is 13.9 Å². The van der Waals surface area contributed by atoms with Crippen LogP contribution in [0.15, 0.2) is 48.5 Å². The summed E-state index contributed by atoms with van der Waals surface area (Å²) in [6.07, 6.45) is 3.07. The topological polar surface area (TPSA) is 68.2 Å². The third kappa shape index (κ3) is 3.97. The van der Waals surface area contributed by atoms with Gasteiger partial charge in [-0.1, -0.05) is 29.8 Å². The Balaban J connectivity index is 1.40. The predicted molar refractivity (Wildman–Crippen MR) is 140 cm³/mol. The lowest BCUT2D eigenvalue weighted by Gasteiger charge is -2.18. The first-order chi connectivity index (χ1) is 17.2. The number of ether oxygens (including phenoxy) is 1. The number of nitrogens with zero attached hydrogens (tertiary/aromatic N) is 2. The number of imidazole rings is 1. The highest BCUT2D eigenvalue weighted by Gasteiger charge is 2.37. The first-order valence-electron chi connectivity index (χ1n) is 12.0. The van der Waals surface area contributed by atoms with E-state index in [1.165, 1.54) is 24.5 Å². The molecule has 6 nitrogen and oxygen atoms in total. The van der Waals surface area contributed by atoms with E-state index in [1.807, 2.05) is 37.6 Å². The number of halogens is 2. The van der Waals surface area contributed by atoms with E-state index in [4.69, 9.17) is 21.3 Å². The van der Waals surface area contributed by atoms with E-state index >= 15 is 0 Å². The molecule has 0 unspecified atom stereocenters. The molecule has 1 aliphatic heterocycles. The number of aromatic nitrogens is 2. The predicted octanol–water partition coefficient (Wildman–Crippen LogP) is 6.95. The standard InChI is InChI=1S/C28H26ClFN4O2/c1-28(2)14-19-24-22(32-27(34(24)3)33-23-20(29)5-4-6-21(23)30)13-18(25(19)36-28)26(35)31-17-11-9-16(10-12-17)15-7-8-15/h4-6,9-13,15H,7-8,14H2,1-3H3,(H,31,35)(H,32,33). The quantitative estimate of drug-likeness (QED) is 0.308. The highest BCUT2D eigenvalue weighted by atomic mass is 35.5. The summed E-state index contributed by atoms with van der Waals surface area (Å²) in [5, 5.41) is 6.28. The second kappa shape index (κ2) is 8.23. The van der Waals surface area contributed by atoms with Crippen molar-refractivity contribution in [1.29, 1.82) is 0 Å². The van der Waals surface area contributed by atoms with Crippen LogP contribution in [0.5, 0.6) is 5.75 Å². The number of fused-ring (bicyclic) bond motifs is 3. The molecule has 0 spiro atoms. The van der Waals surface area contributed by atoms with Gasteiger partial charge in [-0.15, -0.1) is 0 Å². The molecule has 3 aromatic carbocycles. The fraction of sp³-hybridized carbons (Fsp3) is 0.286. The molecule has 2 aliphatic rings. The maximum Gasteiger partial charge on any atom is 0.259 e. The number of rotatable bonds is 5. The zero-order valence-corrected chi connectivity index (χ0v) is 21.0. The number of para-hydroxylation sites is 1. The number of hydrogen-bond donors (Lipinski definition) is 2. The lowest BCUT2D eigenvalue weighted by molar-refractivity contribution is 0.101. The second-order valence-corrected chi connectivity index (χ2v) is 10.6. The molecule has 1 aromatic heterocycles. The number of carbonyl (C=O) groups excluding carboxylic acids is 1. The third-order valence-corrected chi connectivity index (χ3v) is 7.17. The summed E-state index contributed by atoms with van der Waals surface area (Å²) in [5.41, 5.74) is 4.47. The first-order valence-corrected chi connectivity index (χ1v) is 12.4. The lowest BCUT2D eigenvalue weighted by atomic mass is 9.98. The van der Waals surface area contributed by atoms with E-state index in [2.05, 4.69) is 22.8 Å². The van der Waals surface area contributed by atoms with Gasteiger partial charge in [0.05, 0.1) is 27.3 Å². The molecular formula is C28H26ClFN4O2. The van der Waals surface area contributed by atoms with Crippen LogP contribution in [0, 0.1) is 5.82 Å². The molecule has 36 heavy (non-hydrogen) atoms. The molecule has 184 valence electrons. The van der Waals surface area contributed by atoms with Gasteiger partial charge in [-0.2, -0.15) is 0 Å². The van der Waals surface area contributed by atoms with Gasteiger partial charge in [0.2, 0.25) is 5.95 Å². The fourth-order valence-electron chi connectivity index (χ4n) is 4.93. The molecule has 2 heterocycles. The average molecular weight is 505 g/mol. The summed E-state index contributed by atoms with van der Waals surface area (Å²) in [4.78, 5) is 18.1. The molecule has 6 rings (SSSR count). The van der Waals surface area contributed by atoms with Crippen molar-refractivity contribution in [2.24, 2.45) is 7.05 Å². The fourth-order valence-corrected chi connectivity index (χ4v) is 5.14. The minimum absolute atomic E-state index is 0.151. The van der Waals surface area contributed by atoms with Gasteiger partial charge in [0, 0.05) is 24.7 Å². The van der Waals surface area contributed by atoms with Gasteiger partial charge in [-0.3, -0.25) is 4.79 Å². The van der Waals surface area contributed by atoms with Crippen molar-refractivity contribution >= 4 is 45.9 Å². The Morgan fingerprint density at radius 3 is 2.64 bits per heavy atom. The van der Waals surface area contributed by atoms with Crippen LogP contribution in [0.2, 0.25) is 5.02 Å². The maximum atomic E-state index is 14.4. The molecule has 1 saturated carbocycles. The van der Waals surface area contributed by atoms with Crippen molar-refractivity contribution in [3.8, 4) is 5.75 Å². The summed E-state index contributed by atoms with van der Waals surface area (Å²) >= 11 is 6.22. The molecule has 0 bridgehead atoms. The molecule has 0 saturated heterocycles. The minimum Gasteiger partial charge on any atom is -0.486 e. The number of anilines is 3. The Hall–Kier alpha value is -3.58. The Morgan fingerprint density at radius 2 is 1.94 bits per heavy atom. The van der Waals surface area contributed by atoms with Gasteiger partial charge in [0.25, 0.3) is 5.91 Å². The van der Waals surface area contributed by atoms with Crippen LogP contribution in [0.4, 0.5) is 21.7 Å². The molecule has 1 amide bonds. The molecule has 2 N–H and O–H groups in total. The van der Waals surface area contributed by atoms with Gasteiger partial charge in [-0.05, 0) is 68.5 Å². The Kier molecular flexibility index (Phi) is 5.23. The van der Waals surface area contributed by atoms with Crippen molar-refractivity contribution in [2.75, 3.05) is 10.6 Å². The summed E-state index contributed by atoms with van der Waals surface area (Å²) in [6.45, 7) is 3.98. The number of carbonyl (C=O) groups is 1. The molecule has 0 atom stereocenters. The zero-order valence-electron chi connectivity index (χ0n) is 20.3. The second-order valence-electron chi connectivity index (χ2n) is 10.2. The SMILES string of the molecule is Cn1c(Nc2c(F)cccc2Cl)nc2cc(C(=O)Nc3ccc(C4CC4)cc3)c3c(c21)CC(C)(C)O3. The zero-order chi connectivity index (χ0) is 25.2. The number of amides is 1. The third-order valence-electron chi connectivity index (χ3n) is 6.85. The molecule has 0 radical (unpaired) electrons. The maximum absolute atomic E-state index is 14.4. The van der Waals surface area contributed by atoms with Crippen LogP contribution in [0.1, 0.15) is 54.1 Å². The average Bonchev–Trinajstić information content (AvgIpc) is 3.56. The summed E-state index contributed by atoms with van der Waals surface area (Å²) in [7, 11) is 1.85. The van der Waals surface area contributed by atoms with Crippen LogP contribution in [0.25, 0.3) is 11.0 Å². The van der Waals surface area contributed by atoms with Gasteiger partial charge in [0.1, 0.15) is 17.2 Å². The first kappa shape index (κ1) is 22.9. The monoisotopic (exact) mass is 504 g/mol. The molecule has 1 fully saturated rings. The van der Waals surface area contributed by atoms with Gasteiger partial charge in [0.15, 0.2) is 0 Å². The summed E-state index contributed by atoms with van der Waals surface area (Å²) in [5.74, 6) is 0.886. The Morgan fingerprint density at radius 1 is 1.19 bits per heavy atom. The molecule has 1 aliphatic carbocycles. The minimum atomic E-state index is -0.482. The lowest BCUT2D eigenvalue weighted by Crippen LogP contribution is -2.25. The highest BCUT2D eigenvalue weighted by molar-refractivity contribution is 6.33. The van der Waals surface area contributed by atoms with Crippen LogP contribution in [-0.2, 0) is 13.5 Å². The summed E-state index contributed by atoms with van der Waals surface area (Å²) < 4.78 is 22.6. The van der Waals surface area contributed by atoms with Crippen molar-refractivity contribution in [2.45, 2.75) is 44.6 Å². The van der Waals surface area contributed by atoms with Crippen LogP contribution < -0.4 is 15.4 Å². The number of hydrogen-bond acceptors (Lipinski definition) is 4. The molecular weight excluding hydrogens is 479 g/mol. The van der Waals surface area contributed by atoms with Gasteiger partial charge in [-0.25, -0.2) is 9.37 Å². The highest BCUT2D eigenvalue weighted by Crippen LogP contribution is 2.44. The van der Waals surface area contributed by atoms with E-state index < -0.39 is 11.4 Å². The van der Waals surface area contributed by atoms with Crippen LogP contribution in [0.3, 0.4) is 0 Å². The number of nitrogens with one attached hydrogen (secondary N) is 2. The van der Waals surface area contributed by atoms with Crippen LogP contribution in [-0.4, -0.2) is 21.1 Å². The molecule has 8 heteroatoms. The van der Waals surface area contributed by atoms with E-state index in [0.717, 1.165) is 16.8 Å². The normalized spacial score (nSPS) is 16.0. The van der Waals surface area contributed by atoms with Crippen LogP contribution >= 0.6 is 11.6 Å².